The quantitative estimate of drug-likeness (QED) is 0.369. The number of rotatable bonds is 6. The molecule has 0 bridgehead atoms. The minimum atomic E-state index is -0.347. The Morgan fingerprint density at radius 1 is 1.18 bits per heavy atom. The van der Waals surface area contributed by atoms with Crippen LogP contribution in [0.1, 0.15) is 29.7 Å². The number of hydrogen-bond donors (Lipinski definition) is 0. The van der Waals surface area contributed by atoms with Crippen LogP contribution in [0.2, 0.25) is 0 Å². The molecule has 0 spiro atoms. The fourth-order valence-electron chi connectivity index (χ4n) is 3.55. The molecular weight excluding hydrogens is 418 g/mol. The Bertz CT molecular complexity index is 1020. The van der Waals surface area contributed by atoms with Crippen molar-refractivity contribution in [2.75, 3.05) is 14.2 Å². The Hall–Kier alpha value is -2.53. The maximum Gasteiger partial charge on any atom is 0.330 e. The molecule has 0 N–H and O–H groups in total. The molecule has 1 aromatic heterocycles. The van der Waals surface area contributed by atoms with Crippen LogP contribution < -0.4 is 4.74 Å². The number of carbonyl (C=O) groups excluding carboxylic acids is 1. The van der Waals surface area contributed by atoms with Crippen LogP contribution in [0.5, 0.6) is 5.75 Å². The van der Waals surface area contributed by atoms with E-state index in [4.69, 9.17) is 9.47 Å². The molecule has 0 radical (unpaired) electrons. The molecule has 28 heavy (non-hydrogen) atoms. The Kier molecular flexibility index (Phi) is 6.25. The van der Waals surface area contributed by atoms with Crippen LogP contribution in [-0.2, 0) is 16.1 Å². The van der Waals surface area contributed by atoms with E-state index in [0.29, 0.717) is 0 Å². The van der Waals surface area contributed by atoms with Gasteiger partial charge in [-0.15, -0.1) is 0 Å². The fraction of sp³-hybridized carbons (Fsp3) is 0.261. The van der Waals surface area contributed by atoms with Gasteiger partial charge in [0, 0.05) is 39.6 Å². The maximum absolute atomic E-state index is 11.5. The number of ether oxygens (including phenoxy) is 2. The second-order valence-electron chi connectivity index (χ2n) is 6.77. The van der Waals surface area contributed by atoms with E-state index < -0.39 is 0 Å². The minimum absolute atomic E-state index is 0.0554. The standard InChI is InChI=1S/C23H24BrNO3/c1-15(5-12-22(26)28-4)23-16(2)25(14-17-6-8-18(24)9-7-17)21-11-10-19(27-3)13-20(21)23/h5-13,15H,14H2,1-4H3/b12-5+. The van der Waals surface area contributed by atoms with E-state index in [2.05, 4.69) is 70.7 Å². The van der Waals surface area contributed by atoms with Gasteiger partial charge in [0.1, 0.15) is 5.75 Å². The van der Waals surface area contributed by atoms with Crippen molar-refractivity contribution in [2.45, 2.75) is 26.3 Å². The summed E-state index contributed by atoms with van der Waals surface area (Å²) in [5.74, 6) is 0.527. The van der Waals surface area contributed by atoms with Crippen molar-refractivity contribution in [1.82, 2.24) is 4.57 Å². The first-order valence-corrected chi connectivity index (χ1v) is 9.91. The summed E-state index contributed by atoms with van der Waals surface area (Å²) in [5, 5.41) is 1.14. The van der Waals surface area contributed by atoms with Crippen molar-refractivity contribution in [2.24, 2.45) is 0 Å². The summed E-state index contributed by atoms with van der Waals surface area (Å²) in [6.45, 7) is 4.99. The Balaban J connectivity index is 2.11. The number of nitrogens with zero attached hydrogens (tertiary/aromatic N) is 1. The SMILES string of the molecule is COC(=O)/C=C/C(C)c1c(C)n(Cc2ccc(Br)cc2)c2ccc(OC)cc12. The van der Waals surface area contributed by atoms with Gasteiger partial charge in [-0.05, 0) is 48.4 Å². The molecule has 0 amide bonds. The van der Waals surface area contributed by atoms with E-state index in [1.807, 2.05) is 12.1 Å². The van der Waals surface area contributed by atoms with Crippen LogP contribution in [0.25, 0.3) is 10.9 Å². The van der Waals surface area contributed by atoms with Crippen LogP contribution in [0, 0.1) is 6.92 Å². The minimum Gasteiger partial charge on any atom is -0.497 e. The predicted molar refractivity (Wildman–Crippen MR) is 116 cm³/mol. The highest BCUT2D eigenvalue weighted by molar-refractivity contribution is 9.10. The zero-order valence-electron chi connectivity index (χ0n) is 16.5. The van der Waals surface area contributed by atoms with Crippen LogP contribution in [0.15, 0.2) is 59.1 Å². The molecule has 0 aliphatic carbocycles. The Morgan fingerprint density at radius 2 is 1.89 bits per heavy atom. The van der Waals surface area contributed by atoms with Crippen molar-refractivity contribution in [3.8, 4) is 5.75 Å². The molecule has 4 nitrogen and oxygen atoms in total. The predicted octanol–water partition coefficient (Wildman–Crippen LogP) is 5.60. The van der Waals surface area contributed by atoms with Crippen molar-refractivity contribution >= 4 is 32.8 Å². The van der Waals surface area contributed by atoms with E-state index >= 15 is 0 Å². The average molecular weight is 442 g/mol. The summed E-state index contributed by atoms with van der Waals surface area (Å²) in [4.78, 5) is 11.5. The van der Waals surface area contributed by atoms with E-state index in [9.17, 15) is 4.79 Å². The zero-order valence-corrected chi connectivity index (χ0v) is 18.1. The number of allylic oxidation sites excluding steroid dienone is 1. The molecule has 0 fully saturated rings. The van der Waals surface area contributed by atoms with E-state index in [0.717, 1.165) is 27.7 Å². The van der Waals surface area contributed by atoms with Crippen LogP contribution in [-0.4, -0.2) is 24.8 Å². The van der Waals surface area contributed by atoms with Crippen molar-refractivity contribution in [3.63, 3.8) is 0 Å². The van der Waals surface area contributed by atoms with Crippen molar-refractivity contribution in [1.29, 1.82) is 0 Å². The monoisotopic (exact) mass is 441 g/mol. The van der Waals surface area contributed by atoms with Crippen LogP contribution >= 0.6 is 15.9 Å². The van der Waals surface area contributed by atoms with Gasteiger partial charge in [0.2, 0.25) is 0 Å². The van der Waals surface area contributed by atoms with Gasteiger partial charge >= 0.3 is 5.97 Å². The van der Waals surface area contributed by atoms with Gasteiger partial charge < -0.3 is 14.0 Å². The molecule has 3 rings (SSSR count). The highest BCUT2D eigenvalue weighted by Crippen LogP contribution is 2.35. The third kappa shape index (κ3) is 4.14. The second-order valence-corrected chi connectivity index (χ2v) is 7.68. The number of halogens is 1. The number of benzene rings is 2. The Morgan fingerprint density at radius 3 is 2.54 bits per heavy atom. The van der Waals surface area contributed by atoms with Gasteiger partial charge in [-0.2, -0.15) is 0 Å². The molecule has 2 aromatic carbocycles. The highest BCUT2D eigenvalue weighted by atomic mass is 79.9. The molecule has 146 valence electrons. The largest absolute Gasteiger partial charge is 0.497 e. The van der Waals surface area contributed by atoms with Gasteiger partial charge in [0.25, 0.3) is 0 Å². The zero-order chi connectivity index (χ0) is 20.3. The first kappa shape index (κ1) is 20.2. The number of carbonyl (C=O) groups is 1. The lowest BCUT2D eigenvalue weighted by molar-refractivity contribution is -0.134. The number of fused-ring (bicyclic) bond motifs is 1. The summed E-state index contributed by atoms with van der Waals surface area (Å²) in [5.41, 5.74) is 4.73. The molecular formula is C23H24BrNO3. The molecule has 1 heterocycles. The lowest BCUT2D eigenvalue weighted by Crippen LogP contribution is -2.03. The van der Waals surface area contributed by atoms with Crippen LogP contribution in [0.3, 0.4) is 0 Å². The van der Waals surface area contributed by atoms with E-state index in [-0.39, 0.29) is 11.9 Å². The van der Waals surface area contributed by atoms with Gasteiger partial charge in [-0.3, -0.25) is 0 Å². The van der Waals surface area contributed by atoms with Gasteiger partial charge in [0.15, 0.2) is 0 Å². The fourth-order valence-corrected chi connectivity index (χ4v) is 3.82. The van der Waals surface area contributed by atoms with Crippen molar-refractivity contribution in [3.05, 3.63) is 75.9 Å². The van der Waals surface area contributed by atoms with E-state index in [1.165, 1.54) is 30.0 Å². The summed E-state index contributed by atoms with van der Waals surface area (Å²) in [6, 6.07) is 14.5. The molecule has 0 aliphatic heterocycles. The number of aromatic nitrogens is 1. The molecule has 0 saturated heterocycles. The number of methoxy groups -OCH3 is 2. The third-order valence-electron chi connectivity index (χ3n) is 5.01. The first-order chi connectivity index (χ1) is 13.4. The average Bonchev–Trinajstić information content (AvgIpc) is 2.98. The molecule has 1 atom stereocenters. The van der Waals surface area contributed by atoms with Crippen molar-refractivity contribution < 1.29 is 14.3 Å². The lowest BCUT2D eigenvalue weighted by Gasteiger charge is -2.11. The highest BCUT2D eigenvalue weighted by Gasteiger charge is 2.18. The number of hydrogen-bond acceptors (Lipinski definition) is 3. The molecule has 0 saturated carbocycles. The Labute approximate surface area is 173 Å². The normalized spacial score (nSPS) is 12.5. The summed E-state index contributed by atoms with van der Waals surface area (Å²) in [6.07, 6.45) is 3.37. The second kappa shape index (κ2) is 8.65. The van der Waals surface area contributed by atoms with Gasteiger partial charge in [-0.1, -0.05) is 41.1 Å². The lowest BCUT2D eigenvalue weighted by atomic mass is 9.97. The van der Waals surface area contributed by atoms with Gasteiger partial charge in [-0.25, -0.2) is 4.79 Å². The summed E-state index contributed by atoms with van der Waals surface area (Å²) in [7, 11) is 3.06. The van der Waals surface area contributed by atoms with Gasteiger partial charge in [0.05, 0.1) is 14.2 Å². The summed E-state index contributed by atoms with van der Waals surface area (Å²) >= 11 is 3.49. The summed E-state index contributed by atoms with van der Waals surface area (Å²) < 4.78 is 13.6. The molecule has 1 unspecified atom stereocenters. The topological polar surface area (TPSA) is 40.5 Å². The van der Waals surface area contributed by atoms with Crippen LogP contribution in [0.4, 0.5) is 0 Å². The molecule has 3 aromatic rings. The molecule has 5 heteroatoms. The first-order valence-electron chi connectivity index (χ1n) is 9.12. The molecule has 0 aliphatic rings. The third-order valence-corrected chi connectivity index (χ3v) is 5.54. The van der Waals surface area contributed by atoms with E-state index in [1.54, 1.807) is 7.11 Å². The smallest absolute Gasteiger partial charge is 0.330 e. The number of esters is 1. The maximum atomic E-state index is 11.5.